The summed E-state index contributed by atoms with van der Waals surface area (Å²) in [7, 11) is -4.39. The third-order valence-corrected chi connectivity index (χ3v) is 9.53. The molecule has 1 saturated carbocycles. The van der Waals surface area contributed by atoms with Gasteiger partial charge in [-0.3, -0.25) is 9.32 Å². The van der Waals surface area contributed by atoms with E-state index in [1.807, 2.05) is 6.07 Å². The maximum absolute atomic E-state index is 14.2. The van der Waals surface area contributed by atoms with Gasteiger partial charge in [-0.2, -0.15) is 15.4 Å². The zero-order valence-electron chi connectivity index (χ0n) is 23.9. The van der Waals surface area contributed by atoms with Crippen molar-refractivity contribution >= 4 is 31.1 Å². The number of para-hydroxylation sites is 1. The van der Waals surface area contributed by atoms with E-state index in [-0.39, 0.29) is 11.9 Å². The lowest BCUT2D eigenvalue weighted by Crippen LogP contribution is -2.46. The van der Waals surface area contributed by atoms with Gasteiger partial charge in [-0.15, -0.1) is 0 Å². The number of carbonyl (C=O) groups excluding carboxylic acids is 2. The van der Waals surface area contributed by atoms with Gasteiger partial charge in [0.25, 0.3) is 0 Å². The summed E-state index contributed by atoms with van der Waals surface area (Å²) in [6.07, 6.45) is 1.51. The van der Waals surface area contributed by atoms with Crippen molar-refractivity contribution in [3.8, 4) is 11.8 Å². The van der Waals surface area contributed by atoms with Crippen LogP contribution in [0.3, 0.4) is 0 Å². The minimum atomic E-state index is -4.39. The molecular formula is C29H32N5O9P. The number of aromatic nitrogens is 2. The third-order valence-electron chi connectivity index (χ3n) is 7.90. The van der Waals surface area contributed by atoms with E-state index in [4.69, 9.17) is 33.7 Å². The van der Waals surface area contributed by atoms with Crippen LogP contribution in [-0.2, 0) is 32.8 Å². The standard InChI is InChI=1S/C29H32N5O9P/c1-18(27(35)39-19-8-4-2-5-9-19)33-44(37,43-20-10-6-3-7-11-20)38-17-29(16-30)26-25(40-28(36)41-26)24(42-29)23-13-12-22-21(31)14-15-32-34(22)23/h3,6-7,10-15,18-19,24-26H,2,4-5,8-9,17,31H2,1H3,(H,33,37)/t18-,24-,25-,26-,29+,44-/m0/s1. The summed E-state index contributed by atoms with van der Waals surface area (Å²) in [5, 5.41) is 17.4. The van der Waals surface area contributed by atoms with Crippen molar-refractivity contribution in [1.29, 1.82) is 5.26 Å². The SMILES string of the molecule is C[C@H](N[P@](=O)(OC[C@@]1(C#N)O[C@@H](c2ccc3c(N)ccnn23)[C@@H]2OC(=O)O[C@@H]21)Oc1ccccc1)C(=O)OC1CCCCC1. The Morgan fingerprint density at radius 3 is 2.73 bits per heavy atom. The molecule has 15 heteroatoms. The van der Waals surface area contributed by atoms with Crippen molar-refractivity contribution in [1.82, 2.24) is 14.7 Å². The number of benzene rings is 1. The molecule has 1 aromatic carbocycles. The quantitative estimate of drug-likeness (QED) is 0.241. The number of nitriles is 1. The van der Waals surface area contributed by atoms with Gasteiger partial charge in [0.1, 0.15) is 36.7 Å². The largest absolute Gasteiger partial charge is 0.509 e. The first-order chi connectivity index (χ1) is 21.2. The second-order valence-corrected chi connectivity index (χ2v) is 12.7. The molecule has 1 aliphatic carbocycles. The number of nitrogen functional groups attached to an aromatic ring is 1. The average molecular weight is 626 g/mol. The van der Waals surface area contributed by atoms with Crippen LogP contribution in [-0.4, -0.2) is 58.3 Å². The summed E-state index contributed by atoms with van der Waals surface area (Å²) in [5.74, 6) is -0.432. The number of fused-ring (bicyclic) bond motifs is 2. The molecule has 3 N–H and O–H groups in total. The molecule has 0 amide bonds. The number of nitrogens with two attached hydrogens (primary N) is 1. The average Bonchev–Trinajstić information content (AvgIpc) is 3.70. The molecule has 44 heavy (non-hydrogen) atoms. The normalized spacial score (nSPS) is 27.0. The lowest BCUT2D eigenvalue weighted by Gasteiger charge is -2.29. The van der Waals surface area contributed by atoms with Crippen LogP contribution >= 0.6 is 7.75 Å². The van der Waals surface area contributed by atoms with Gasteiger partial charge in [0, 0.05) is 6.20 Å². The smallest absolute Gasteiger partial charge is 0.461 e. The van der Waals surface area contributed by atoms with Gasteiger partial charge in [0.2, 0.25) is 5.60 Å². The Morgan fingerprint density at radius 2 is 1.98 bits per heavy atom. The molecule has 0 radical (unpaired) electrons. The van der Waals surface area contributed by atoms with Gasteiger partial charge in [-0.1, -0.05) is 24.6 Å². The fourth-order valence-corrected chi connectivity index (χ4v) is 7.20. The third kappa shape index (κ3) is 5.84. The van der Waals surface area contributed by atoms with E-state index in [2.05, 4.69) is 10.2 Å². The Balaban J connectivity index is 1.25. The number of hydrogen-bond donors (Lipinski definition) is 2. The Labute approximate surface area is 252 Å². The molecule has 0 spiro atoms. The van der Waals surface area contributed by atoms with Crippen molar-refractivity contribution in [3.05, 3.63) is 60.4 Å². The monoisotopic (exact) mass is 625 g/mol. The predicted octanol–water partition coefficient (Wildman–Crippen LogP) is 4.21. The summed E-state index contributed by atoms with van der Waals surface area (Å²) in [6, 6.07) is 14.2. The van der Waals surface area contributed by atoms with Crippen molar-refractivity contribution in [2.45, 2.75) is 75.1 Å². The number of esters is 1. The lowest BCUT2D eigenvalue weighted by atomic mass is 9.96. The van der Waals surface area contributed by atoms with Crippen LogP contribution in [0, 0.1) is 11.3 Å². The van der Waals surface area contributed by atoms with Crippen LogP contribution in [0.2, 0.25) is 0 Å². The maximum Gasteiger partial charge on any atom is 0.509 e. The van der Waals surface area contributed by atoms with Crippen LogP contribution in [0.15, 0.2) is 54.7 Å². The molecule has 0 bridgehead atoms. The number of carbonyl (C=O) groups is 2. The van der Waals surface area contributed by atoms with E-state index in [0.717, 1.165) is 32.1 Å². The molecule has 3 fully saturated rings. The first-order valence-electron chi connectivity index (χ1n) is 14.4. The van der Waals surface area contributed by atoms with Gasteiger partial charge < -0.3 is 29.2 Å². The number of rotatable bonds is 10. The highest BCUT2D eigenvalue weighted by molar-refractivity contribution is 7.52. The highest BCUT2D eigenvalue weighted by atomic mass is 31.2. The van der Waals surface area contributed by atoms with Gasteiger partial charge in [-0.05, 0) is 62.9 Å². The molecule has 4 heterocycles. The Hall–Kier alpha value is -4.15. The second kappa shape index (κ2) is 12.1. The number of anilines is 1. The van der Waals surface area contributed by atoms with Crippen molar-refractivity contribution < 1.29 is 42.1 Å². The number of ether oxygens (including phenoxy) is 4. The van der Waals surface area contributed by atoms with E-state index < -0.39 is 56.4 Å². The van der Waals surface area contributed by atoms with Gasteiger partial charge in [0.15, 0.2) is 12.2 Å². The predicted molar refractivity (Wildman–Crippen MR) is 153 cm³/mol. The number of nitrogens with zero attached hydrogens (tertiary/aromatic N) is 3. The molecule has 14 nitrogen and oxygen atoms in total. The summed E-state index contributed by atoms with van der Waals surface area (Å²) in [5.41, 5.74) is 5.58. The first-order valence-corrected chi connectivity index (χ1v) is 15.9. The topological polar surface area (TPSA) is 186 Å². The molecule has 2 aromatic heterocycles. The minimum absolute atomic E-state index is 0.184. The van der Waals surface area contributed by atoms with Crippen molar-refractivity contribution in [2.75, 3.05) is 12.3 Å². The molecule has 2 aliphatic heterocycles. The highest BCUT2D eigenvalue weighted by Gasteiger charge is 2.65. The number of hydrogen-bond acceptors (Lipinski definition) is 12. The highest BCUT2D eigenvalue weighted by Crippen LogP contribution is 2.51. The Bertz CT molecular complexity index is 1620. The molecule has 6 rings (SSSR count). The zero-order chi connectivity index (χ0) is 30.9. The van der Waals surface area contributed by atoms with Crippen LogP contribution in [0.4, 0.5) is 10.5 Å². The van der Waals surface area contributed by atoms with Crippen LogP contribution in [0.5, 0.6) is 5.75 Å². The first kappa shape index (κ1) is 29.9. The molecular weight excluding hydrogens is 593 g/mol. The zero-order valence-corrected chi connectivity index (χ0v) is 24.8. The second-order valence-electron chi connectivity index (χ2n) is 11.0. The van der Waals surface area contributed by atoms with E-state index >= 15 is 0 Å². The van der Waals surface area contributed by atoms with E-state index in [9.17, 15) is 19.4 Å². The van der Waals surface area contributed by atoms with E-state index in [1.165, 1.54) is 17.6 Å². The van der Waals surface area contributed by atoms with Crippen LogP contribution < -0.4 is 15.3 Å². The summed E-state index contributed by atoms with van der Waals surface area (Å²) in [6.45, 7) is 0.801. The fourth-order valence-electron chi connectivity index (χ4n) is 5.68. The van der Waals surface area contributed by atoms with E-state index in [1.54, 1.807) is 48.5 Å². The number of nitrogens with one attached hydrogen (secondary N) is 1. The molecule has 6 atom stereocenters. The molecule has 0 unspecified atom stereocenters. The van der Waals surface area contributed by atoms with Crippen molar-refractivity contribution in [3.63, 3.8) is 0 Å². The maximum atomic E-state index is 14.2. The Morgan fingerprint density at radius 1 is 1.20 bits per heavy atom. The summed E-state index contributed by atoms with van der Waals surface area (Å²) < 4.78 is 49.9. The van der Waals surface area contributed by atoms with Gasteiger partial charge in [-0.25, -0.2) is 13.9 Å². The lowest BCUT2D eigenvalue weighted by molar-refractivity contribution is -0.152. The summed E-state index contributed by atoms with van der Waals surface area (Å²) >= 11 is 0. The molecule has 232 valence electrons. The Kier molecular flexibility index (Phi) is 8.22. The minimum Gasteiger partial charge on any atom is -0.461 e. The molecule has 2 saturated heterocycles. The summed E-state index contributed by atoms with van der Waals surface area (Å²) in [4.78, 5) is 25.2. The van der Waals surface area contributed by atoms with Crippen LogP contribution in [0.25, 0.3) is 5.52 Å². The molecule has 3 aromatic rings. The van der Waals surface area contributed by atoms with E-state index in [0.29, 0.717) is 16.9 Å². The van der Waals surface area contributed by atoms with Crippen molar-refractivity contribution in [2.24, 2.45) is 0 Å². The van der Waals surface area contributed by atoms with Gasteiger partial charge in [0.05, 0.1) is 16.9 Å². The molecule has 3 aliphatic rings. The van der Waals surface area contributed by atoms with Gasteiger partial charge >= 0.3 is 19.9 Å². The van der Waals surface area contributed by atoms with Crippen LogP contribution in [0.1, 0.15) is 50.8 Å². The fraction of sp³-hybridized carbons (Fsp3) is 0.448.